The van der Waals surface area contributed by atoms with E-state index in [9.17, 15) is 14.7 Å². The monoisotopic (exact) mass is 355 g/mol. The van der Waals surface area contributed by atoms with Gasteiger partial charge >= 0.3 is 5.97 Å². The Balaban J connectivity index is 1.66. The second-order valence-electron chi connectivity index (χ2n) is 8.91. The average molecular weight is 355 g/mol. The number of aliphatic hydroxyl groups is 1. The standard InChI is InChI=1S/C20H21NO5/c1-10(22)25-13-4-3-11-7-18-8-19-14(11)15(13)26-16(19)12(23)5-6-20(19,24)17(18)21(2)9-18/h3-4,16-17,24H,5-9H2,1-2H3/t16-,17+,18-,19-,20+/m0/s1. The van der Waals surface area contributed by atoms with Crippen LogP contribution in [-0.2, 0) is 21.4 Å². The molecule has 5 atom stereocenters. The fourth-order valence-corrected chi connectivity index (χ4v) is 7.31. The van der Waals surface area contributed by atoms with Crippen LogP contribution in [0.3, 0.4) is 0 Å². The van der Waals surface area contributed by atoms with Gasteiger partial charge in [0.25, 0.3) is 0 Å². The normalized spacial score (nSPS) is 44.0. The molecule has 0 unspecified atom stereocenters. The largest absolute Gasteiger partial charge is 0.477 e. The van der Waals surface area contributed by atoms with Gasteiger partial charge < -0.3 is 14.6 Å². The highest BCUT2D eigenvalue weighted by Gasteiger charge is 2.82. The SMILES string of the molecule is CC(=O)Oc1ccc2c3c1O[C@H]1C(=O)CC[C@@]4(O)[C@@H]5N(C)C[C@]5(C2)C[C@]314. The Morgan fingerprint density at radius 1 is 1.42 bits per heavy atom. The molecule has 2 heterocycles. The number of likely N-dealkylation sites (tertiary alicyclic amines) is 1. The molecular weight excluding hydrogens is 334 g/mol. The average Bonchev–Trinajstić information content (AvgIpc) is 2.98. The van der Waals surface area contributed by atoms with E-state index >= 15 is 0 Å². The van der Waals surface area contributed by atoms with E-state index in [2.05, 4.69) is 11.9 Å². The molecule has 1 saturated heterocycles. The Kier molecular flexibility index (Phi) is 2.42. The number of rotatable bonds is 1. The zero-order valence-corrected chi connectivity index (χ0v) is 14.9. The molecule has 1 aromatic carbocycles. The van der Waals surface area contributed by atoms with Gasteiger partial charge in [-0.25, -0.2) is 0 Å². The van der Waals surface area contributed by atoms with Crippen molar-refractivity contribution in [3.8, 4) is 11.5 Å². The van der Waals surface area contributed by atoms with Crippen LogP contribution < -0.4 is 9.47 Å². The van der Waals surface area contributed by atoms with Crippen molar-refractivity contribution in [1.82, 2.24) is 4.90 Å². The molecule has 0 radical (unpaired) electrons. The summed E-state index contributed by atoms with van der Waals surface area (Å²) in [6, 6.07) is 3.81. The maximum Gasteiger partial charge on any atom is 0.308 e. The van der Waals surface area contributed by atoms with Gasteiger partial charge in [-0.1, -0.05) is 6.07 Å². The number of nitrogens with zero attached hydrogens (tertiary/aromatic N) is 1. The number of carbonyl (C=O) groups excluding carboxylic acids is 2. The Morgan fingerprint density at radius 3 is 2.96 bits per heavy atom. The van der Waals surface area contributed by atoms with Crippen LogP contribution in [0.15, 0.2) is 12.1 Å². The number of benzene rings is 1. The topological polar surface area (TPSA) is 76.1 Å². The summed E-state index contributed by atoms with van der Waals surface area (Å²) in [6.45, 7) is 2.29. The smallest absolute Gasteiger partial charge is 0.308 e. The number of likely N-dealkylation sites (N-methyl/N-ethyl adjacent to an activating group) is 1. The van der Waals surface area contributed by atoms with E-state index in [4.69, 9.17) is 9.47 Å². The molecule has 136 valence electrons. The van der Waals surface area contributed by atoms with E-state index < -0.39 is 23.1 Å². The van der Waals surface area contributed by atoms with Crippen LogP contribution in [0.25, 0.3) is 0 Å². The fraction of sp³-hybridized carbons (Fsp3) is 0.600. The van der Waals surface area contributed by atoms with Crippen molar-refractivity contribution >= 4 is 11.8 Å². The molecule has 6 rings (SSSR count). The van der Waals surface area contributed by atoms with Gasteiger partial charge in [0.05, 0.1) is 11.0 Å². The van der Waals surface area contributed by atoms with Gasteiger partial charge in [-0.15, -0.1) is 0 Å². The summed E-state index contributed by atoms with van der Waals surface area (Å²) in [5.74, 6) is 0.484. The lowest BCUT2D eigenvalue weighted by molar-refractivity contribution is -0.165. The number of esters is 1. The first-order valence-corrected chi connectivity index (χ1v) is 9.29. The molecule has 2 spiro atoms. The van der Waals surface area contributed by atoms with Crippen molar-refractivity contribution in [2.45, 2.75) is 55.8 Å². The quantitative estimate of drug-likeness (QED) is 0.598. The summed E-state index contributed by atoms with van der Waals surface area (Å²) in [7, 11) is 2.06. The minimum atomic E-state index is -0.982. The van der Waals surface area contributed by atoms with E-state index in [-0.39, 0.29) is 17.2 Å². The van der Waals surface area contributed by atoms with Gasteiger partial charge in [-0.3, -0.25) is 14.5 Å². The minimum absolute atomic E-state index is 0.00723. The van der Waals surface area contributed by atoms with E-state index in [0.29, 0.717) is 24.3 Å². The van der Waals surface area contributed by atoms with Crippen LogP contribution >= 0.6 is 0 Å². The van der Waals surface area contributed by atoms with Crippen LogP contribution in [0.1, 0.15) is 37.3 Å². The van der Waals surface area contributed by atoms with Crippen molar-refractivity contribution in [2.75, 3.05) is 13.6 Å². The zero-order valence-electron chi connectivity index (χ0n) is 14.9. The number of Topliss-reactive ketones (excluding diaryl/α,β-unsaturated/α-hetero) is 1. The highest BCUT2D eigenvalue weighted by atomic mass is 16.6. The van der Waals surface area contributed by atoms with Crippen molar-refractivity contribution < 1.29 is 24.2 Å². The molecule has 26 heavy (non-hydrogen) atoms. The summed E-state index contributed by atoms with van der Waals surface area (Å²) >= 11 is 0. The molecule has 2 saturated carbocycles. The van der Waals surface area contributed by atoms with Crippen molar-refractivity contribution in [2.24, 2.45) is 5.41 Å². The predicted molar refractivity (Wildman–Crippen MR) is 90.2 cm³/mol. The third kappa shape index (κ3) is 1.32. The minimum Gasteiger partial charge on any atom is -0.477 e. The first-order valence-electron chi connectivity index (χ1n) is 9.29. The third-order valence-corrected chi connectivity index (χ3v) is 7.62. The van der Waals surface area contributed by atoms with E-state index in [1.54, 1.807) is 6.07 Å². The molecule has 1 N–H and O–H groups in total. The number of ether oxygens (including phenoxy) is 2. The highest BCUT2D eigenvalue weighted by molar-refractivity contribution is 5.90. The van der Waals surface area contributed by atoms with E-state index in [0.717, 1.165) is 30.5 Å². The Hall–Kier alpha value is -1.92. The van der Waals surface area contributed by atoms with Gasteiger partial charge in [0.1, 0.15) is 0 Å². The first kappa shape index (κ1) is 15.2. The van der Waals surface area contributed by atoms with Gasteiger partial charge in [0, 0.05) is 36.9 Å². The lowest BCUT2D eigenvalue weighted by Gasteiger charge is -2.57. The summed E-state index contributed by atoms with van der Waals surface area (Å²) < 4.78 is 11.6. The molecule has 1 aromatic rings. The fourth-order valence-electron chi connectivity index (χ4n) is 7.31. The molecule has 2 aliphatic heterocycles. The van der Waals surface area contributed by atoms with Crippen molar-refractivity contribution in [3.63, 3.8) is 0 Å². The summed E-state index contributed by atoms with van der Waals surface area (Å²) in [4.78, 5) is 26.6. The summed E-state index contributed by atoms with van der Waals surface area (Å²) in [5.41, 5.74) is 0.368. The number of hydrogen-bond acceptors (Lipinski definition) is 6. The second kappa shape index (κ2) is 4.15. The third-order valence-electron chi connectivity index (χ3n) is 7.62. The van der Waals surface area contributed by atoms with Crippen LogP contribution in [0.5, 0.6) is 11.5 Å². The summed E-state index contributed by atoms with van der Waals surface area (Å²) in [6.07, 6.45) is 1.77. The Morgan fingerprint density at radius 2 is 2.23 bits per heavy atom. The lowest BCUT2D eigenvalue weighted by atomic mass is 9.57. The van der Waals surface area contributed by atoms with E-state index in [1.165, 1.54) is 6.92 Å². The maximum atomic E-state index is 12.8. The number of ketones is 1. The first-order chi connectivity index (χ1) is 12.3. The van der Waals surface area contributed by atoms with Gasteiger partial charge in [-0.05, 0) is 37.9 Å². The predicted octanol–water partition coefficient (Wildman–Crippen LogP) is 0.965. The van der Waals surface area contributed by atoms with Crippen molar-refractivity contribution in [3.05, 3.63) is 23.3 Å². The molecule has 3 fully saturated rings. The molecule has 5 aliphatic rings. The van der Waals surface area contributed by atoms with Gasteiger partial charge in [-0.2, -0.15) is 0 Å². The molecule has 2 bridgehead atoms. The van der Waals surface area contributed by atoms with Gasteiger partial charge in [0.2, 0.25) is 0 Å². The van der Waals surface area contributed by atoms with Crippen LogP contribution in [-0.4, -0.2) is 53.1 Å². The molecule has 0 aromatic heterocycles. The molecular formula is C20H21NO5. The van der Waals surface area contributed by atoms with E-state index in [1.807, 2.05) is 6.07 Å². The molecule has 6 heteroatoms. The van der Waals surface area contributed by atoms with Crippen LogP contribution in [0.2, 0.25) is 0 Å². The highest BCUT2D eigenvalue weighted by Crippen LogP contribution is 2.74. The second-order valence-corrected chi connectivity index (χ2v) is 8.91. The Labute approximate surface area is 151 Å². The van der Waals surface area contributed by atoms with Crippen LogP contribution in [0, 0.1) is 5.41 Å². The summed E-state index contributed by atoms with van der Waals surface area (Å²) in [5, 5.41) is 12.0. The molecule has 3 aliphatic carbocycles. The number of carbonyl (C=O) groups is 2. The molecule has 0 amide bonds. The lowest BCUT2D eigenvalue weighted by Crippen LogP contribution is -2.71. The molecule has 6 nitrogen and oxygen atoms in total. The number of fused-ring (bicyclic) bond motifs is 1. The number of hydrogen-bond donors (Lipinski definition) is 1. The Bertz CT molecular complexity index is 912. The van der Waals surface area contributed by atoms with Crippen molar-refractivity contribution in [1.29, 1.82) is 0 Å². The maximum absolute atomic E-state index is 12.8. The van der Waals surface area contributed by atoms with Gasteiger partial charge in [0.15, 0.2) is 23.4 Å². The zero-order chi connectivity index (χ0) is 18.1. The van der Waals surface area contributed by atoms with Crippen LogP contribution in [0.4, 0.5) is 0 Å².